The number of aryl methyl sites for hydroxylation is 2. The molecule has 4 nitrogen and oxygen atoms in total. The Morgan fingerprint density at radius 1 is 1.13 bits per heavy atom. The van der Waals surface area contributed by atoms with Gasteiger partial charge in [0.1, 0.15) is 11.9 Å². The molecule has 0 aliphatic carbocycles. The topological polar surface area (TPSA) is 49.4 Å². The molecule has 0 spiro atoms. The van der Waals surface area contributed by atoms with Crippen molar-refractivity contribution in [2.75, 3.05) is 10.2 Å². The lowest BCUT2D eigenvalue weighted by Crippen LogP contribution is -2.35. The van der Waals surface area contributed by atoms with Crippen LogP contribution in [-0.4, -0.2) is 17.9 Å². The van der Waals surface area contributed by atoms with E-state index in [9.17, 15) is 14.0 Å². The first-order valence-electron chi connectivity index (χ1n) is 7.42. The number of anilines is 2. The van der Waals surface area contributed by atoms with Crippen LogP contribution in [0.25, 0.3) is 0 Å². The molecule has 1 heterocycles. The molecule has 2 amide bonds. The van der Waals surface area contributed by atoms with Gasteiger partial charge in [0.05, 0.1) is 12.1 Å². The second kappa shape index (κ2) is 5.83. The maximum Gasteiger partial charge on any atom is 0.256 e. The fourth-order valence-corrected chi connectivity index (χ4v) is 2.79. The van der Waals surface area contributed by atoms with Gasteiger partial charge in [-0.25, -0.2) is 9.29 Å². The third-order valence-corrected chi connectivity index (χ3v) is 3.95. The fourth-order valence-electron chi connectivity index (χ4n) is 2.79. The fraction of sp³-hybridized carbons (Fsp3) is 0.222. The van der Waals surface area contributed by atoms with Crippen molar-refractivity contribution in [1.29, 1.82) is 0 Å². The van der Waals surface area contributed by atoms with E-state index in [1.54, 1.807) is 6.07 Å². The van der Waals surface area contributed by atoms with E-state index in [4.69, 9.17) is 0 Å². The number of carbonyl (C=O) groups is 2. The highest BCUT2D eigenvalue weighted by atomic mass is 19.1. The molecule has 1 atom stereocenters. The molecule has 1 saturated heterocycles. The predicted molar refractivity (Wildman–Crippen MR) is 86.8 cm³/mol. The first kappa shape index (κ1) is 15.2. The van der Waals surface area contributed by atoms with Crippen LogP contribution < -0.4 is 10.2 Å². The van der Waals surface area contributed by atoms with Gasteiger partial charge in [-0.3, -0.25) is 9.59 Å². The van der Waals surface area contributed by atoms with Gasteiger partial charge < -0.3 is 5.32 Å². The molecular formula is C18H17FN2O2. The van der Waals surface area contributed by atoms with Gasteiger partial charge in [-0.2, -0.15) is 0 Å². The van der Waals surface area contributed by atoms with E-state index < -0.39 is 23.7 Å². The molecule has 0 saturated carbocycles. The molecule has 0 aromatic heterocycles. The Morgan fingerprint density at radius 3 is 2.57 bits per heavy atom. The monoisotopic (exact) mass is 312 g/mol. The lowest BCUT2D eigenvalue weighted by Gasteiger charge is -2.17. The average Bonchev–Trinajstić information content (AvgIpc) is 2.77. The predicted octanol–water partition coefficient (Wildman–Crippen LogP) is 3.19. The Hall–Kier alpha value is -2.69. The van der Waals surface area contributed by atoms with Crippen LogP contribution in [0.1, 0.15) is 17.5 Å². The minimum atomic E-state index is -0.677. The van der Waals surface area contributed by atoms with Gasteiger partial charge in [0, 0.05) is 5.69 Å². The molecule has 1 N–H and O–H groups in total. The summed E-state index contributed by atoms with van der Waals surface area (Å²) in [7, 11) is 0. The maximum absolute atomic E-state index is 13.9. The summed E-state index contributed by atoms with van der Waals surface area (Å²) in [5.74, 6) is -1.41. The van der Waals surface area contributed by atoms with E-state index in [0.29, 0.717) is 0 Å². The smallest absolute Gasteiger partial charge is 0.256 e. The van der Waals surface area contributed by atoms with Crippen molar-refractivity contribution in [3.8, 4) is 0 Å². The molecule has 1 aliphatic heterocycles. The van der Waals surface area contributed by atoms with Crippen molar-refractivity contribution >= 4 is 23.2 Å². The van der Waals surface area contributed by atoms with Gasteiger partial charge in [-0.1, -0.05) is 29.8 Å². The Kier molecular flexibility index (Phi) is 3.86. The number of rotatable bonds is 3. The first-order chi connectivity index (χ1) is 11.0. The number of nitrogens with one attached hydrogen (secondary N) is 1. The van der Waals surface area contributed by atoms with Gasteiger partial charge in [0.15, 0.2) is 0 Å². The number of imide groups is 1. The molecule has 2 aromatic carbocycles. The third-order valence-electron chi connectivity index (χ3n) is 3.95. The van der Waals surface area contributed by atoms with Crippen LogP contribution in [0.15, 0.2) is 42.5 Å². The normalized spacial score (nSPS) is 17.7. The summed E-state index contributed by atoms with van der Waals surface area (Å²) < 4.78 is 13.9. The number of hydrogen-bond donors (Lipinski definition) is 1. The van der Waals surface area contributed by atoms with Gasteiger partial charge in [0.25, 0.3) is 5.91 Å². The van der Waals surface area contributed by atoms with E-state index in [-0.39, 0.29) is 12.1 Å². The van der Waals surface area contributed by atoms with E-state index in [1.807, 2.05) is 32.0 Å². The van der Waals surface area contributed by atoms with Gasteiger partial charge in [-0.15, -0.1) is 0 Å². The third kappa shape index (κ3) is 2.82. The average molecular weight is 312 g/mol. The number of carbonyl (C=O) groups excluding carboxylic acids is 2. The van der Waals surface area contributed by atoms with Crippen LogP contribution in [0.3, 0.4) is 0 Å². The van der Waals surface area contributed by atoms with Crippen LogP contribution in [0, 0.1) is 19.7 Å². The quantitative estimate of drug-likeness (QED) is 0.886. The Morgan fingerprint density at radius 2 is 1.87 bits per heavy atom. The first-order valence-corrected chi connectivity index (χ1v) is 7.42. The van der Waals surface area contributed by atoms with Gasteiger partial charge >= 0.3 is 0 Å². The zero-order chi connectivity index (χ0) is 16.6. The highest BCUT2D eigenvalue weighted by Gasteiger charge is 2.40. The summed E-state index contributed by atoms with van der Waals surface area (Å²) in [5.41, 5.74) is 2.93. The summed E-state index contributed by atoms with van der Waals surface area (Å²) in [5, 5.41) is 3.10. The minimum absolute atomic E-state index is 0.00688. The summed E-state index contributed by atoms with van der Waals surface area (Å²) in [6.45, 7) is 3.92. The van der Waals surface area contributed by atoms with Gasteiger partial charge in [-0.05, 0) is 37.6 Å². The van der Waals surface area contributed by atoms with Crippen molar-refractivity contribution in [3.63, 3.8) is 0 Å². The van der Waals surface area contributed by atoms with Crippen molar-refractivity contribution in [2.24, 2.45) is 0 Å². The van der Waals surface area contributed by atoms with Crippen LogP contribution in [0.2, 0.25) is 0 Å². The lowest BCUT2D eigenvalue weighted by molar-refractivity contribution is -0.121. The molecule has 118 valence electrons. The van der Waals surface area contributed by atoms with E-state index >= 15 is 0 Å². The summed E-state index contributed by atoms with van der Waals surface area (Å²) in [4.78, 5) is 25.6. The standard InChI is InChI=1S/C18H17FN2O2/c1-11-7-8-14(12(2)9-11)20-15-10-17(22)21(18(15)23)16-6-4-3-5-13(16)19/h3-9,15,20H,10H2,1-2H3. The van der Waals surface area contributed by atoms with Crippen LogP contribution >= 0.6 is 0 Å². The summed E-state index contributed by atoms with van der Waals surface area (Å²) >= 11 is 0. The molecule has 5 heteroatoms. The van der Waals surface area contributed by atoms with E-state index in [0.717, 1.165) is 21.7 Å². The zero-order valence-electron chi connectivity index (χ0n) is 13.0. The lowest BCUT2D eigenvalue weighted by atomic mass is 10.1. The van der Waals surface area contributed by atoms with Gasteiger partial charge in [0.2, 0.25) is 5.91 Å². The number of benzene rings is 2. The molecule has 1 unspecified atom stereocenters. The zero-order valence-corrected chi connectivity index (χ0v) is 13.0. The van der Waals surface area contributed by atoms with E-state index in [1.165, 1.54) is 18.2 Å². The van der Waals surface area contributed by atoms with Crippen molar-refractivity contribution in [2.45, 2.75) is 26.3 Å². The van der Waals surface area contributed by atoms with E-state index in [2.05, 4.69) is 5.32 Å². The second-order valence-electron chi connectivity index (χ2n) is 5.74. The highest BCUT2D eigenvalue weighted by molar-refractivity contribution is 6.23. The molecule has 1 aliphatic rings. The maximum atomic E-state index is 13.9. The summed E-state index contributed by atoms with van der Waals surface area (Å²) in [6, 6.07) is 10.9. The van der Waals surface area contributed by atoms with Crippen molar-refractivity contribution in [3.05, 3.63) is 59.4 Å². The molecule has 0 bridgehead atoms. The number of para-hydroxylation sites is 1. The number of hydrogen-bond acceptors (Lipinski definition) is 3. The minimum Gasteiger partial charge on any atom is -0.373 e. The molecular weight excluding hydrogens is 295 g/mol. The molecule has 0 radical (unpaired) electrons. The molecule has 3 rings (SSSR count). The SMILES string of the molecule is Cc1ccc(NC2CC(=O)N(c3ccccc3F)C2=O)c(C)c1. The Labute approximate surface area is 133 Å². The van der Waals surface area contributed by atoms with Crippen molar-refractivity contribution < 1.29 is 14.0 Å². The van der Waals surface area contributed by atoms with Crippen molar-refractivity contribution in [1.82, 2.24) is 0 Å². The Balaban J connectivity index is 1.85. The molecule has 2 aromatic rings. The molecule has 23 heavy (non-hydrogen) atoms. The largest absolute Gasteiger partial charge is 0.373 e. The van der Waals surface area contributed by atoms with Crippen LogP contribution in [0.5, 0.6) is 0 Å². The second-order valence-corrected chi connectivity index (χ2v) is 5.74. The molecule has 1 fully saturated rings. The number of nitrogens with zero attached hydrogens (tertiary/aromatic N) is 1. The van der Waals surface area contributed by atoms with Crippen LogP contribution in [-0.2, 0) is 9.59 Å². The number of amides is 2. The highest BCUT2D eigenvalue weighted by Crippen LogP contribution is 2.28. The van der Waals surface area contributed by atoms with Crippen LogP contribution in [0.4, 0.5) is 15.8 Å². The Bertz CT molecular complexity index is 788. The summed E-state index contributed by atoms with van der Waals surface area (Å²) in [6.07, 6.45) is 0.0144. The number of halogens is 1.